The van der Waals surface area contributed by atoms with Gasteiger partial charge in [0, 0.05) is 12.2 Å². The van der Waals surface area contributed by atoms with E-state index in [1.807, 2.05) is 36.5 Å². The van der Waals surface area contributed by atoms with Crippen LogP contribution >= 0.6 is 22.6 Å². The Kier molecular flexibility index (Phi) is 3.95. The van der Waals surface area contributed by atoms with Crippen LogP contribution in [0.4, 0.5) is 0 Å². The first kappa shape index (κ1) is 11.6. The third-order valence-corrected chi connectivity index (χ3v) is 2.92. The summed E-state index contributed by atoms with van der Waals surface area (Å²) in [6.45, 7) is 2.82. The van der Waals surface area contributed by atoms with Crippen LogP contribution in [-0.2, 0) is 6.54 Å². The highest BCUT2D eigenvalue weighted by Crippen LogP contribution is 2.12. The molecule has 4 heteroatoms. The minimum Gasteiger partial charge on any atom is -0.454 e. The summed E-state index contributed by atoms with van der Waals surface area (Å²) < 4.78 is 6.39. The lowest BCUT2D eigenvalue weighted by atomic mass is 10.2. The summed E-state index contributed by atoms with van der Waals surface area (Å²) in [5, 5.41) is 3.37. The van der Waals surface area contributed by atoms with Crippen molar-refractivity contribution in [3.63, 3.8) is 0 Å². The third kappa shape index (κ3) is 3.05. The van der Waals surface area contributed by atoms with Gasteiger partial charge in [-0.15, -0.1) is 0 Å². The summed E-state index contributed by atoms with van der Waals surface area (Å²) in [5.74, 6) is 0.951. The van der Waals surface area contributed by atoms with Crippen molar-refractivity contribution >= 4 is 22.6 Å². The third-order valence-electron chi connectivity index (χ3n) is 2.34. The number of furan rings is 1. The van der Waals surface area contributed by atoms with Crippen molar-refractivity contribution in [3.05, 3.63) is 51.7 Å². The highest BCUT2D eigenvalue weighted by atomic mass is 127. The summed E-state index contributed by atoms with van der Waals surface area (Å²) in [6, 6.07) is 10.1. The van der Waals surface area contributed by atoms with Gasteiger partial charge in [0.2, 0.25) is 0 Å². The van der Waals surface area contributed by atoms with Crippen LogP contribution < -0.4 is 5.32 Å². The maximum atomic E-state index is 5.47. The van der Waals surface area contributed by atoms with Crippen molar-refractivity contribution in [2.45, 2.75) is 19.5 Å². The zero-order valence-corrected chi connectivity index (χ0v) is 11.1. The lowest BCUT2D eigenvalue weighted by Gasteiger charge is -2.11. The second-order valence-electron chi connectivity index (χ2n) is 3.56. The topological polar surface area (TPSA) is 38.1 Å². The minimum atomic E-state index is 0.226. The molecular formula is C12H13IN2O. The maximum Gasteiger partial charge on any atom is 0.164 e. The molecule has 0 saturated carbocycles. The highest BCUT2D eigenvalue weighted by Gasteiger charge is 2.06. The van der Waals surface area contributed by atoms with Gasteiger partial charge in [0.25, 0.3) is 0 Å². The van der Waals surface area contributed by atoms with Gasteiger partial charge in [-0.2, -0.15) is 0 Å². The molecule has 0 aromatic carbocycles. The van der Waals surface area contributed by atoms with E-state index in [4.69, 9.17) is 4.42 Å². The van der Waals surface area contributed by atoms with Crippen LogP contribution in [0.15, 0.2) is 40.9 Å². The molecule has 1 atom stereocenters. The average Bonchev–Trinajstić information content (AvgIpc) is 2.73. The SMILES string of the molecule is C[C@@H](NCc1ccc(I)o1)c1ccccn1. The minimum absolute atomic E-state index is 0.226. The summed E-state index contributed by atoms with van der Waals surface area (Å²) in [7, 11) is 0. The monoisotopic (exact) mass is 328 g/mol. The van der Waals surface area contributed by atoms with E-state index < -0.39 is 0 Å². The first-order valence-electron chi connectivity index (χ1n) is 5.14. The molecule has 0 aliphatic heterocycles. The zero-order chi connectivity index (χ0) is 11.4. The van der Waals surface area contributed by atoms with E-state index in [-0.39, 0.29) is 6.04 Å². The Balaban J connectivity index is 1.91. The van der Waals surface area contributed by atoms with Crippen LogP contribution in [0.1, 0.15) is 24.4 Å². The molecule has 0 unspecified atom stereocenters. The molecule has 0 fully saturated rings. The Labute approximate surface area is 108 Å². The molecule has 2 aromatic heterocycles. The Morgan fingerprint density at radius 3 is 2.88 bits per heavy atom. The molecule has 0 aliphatic carbocycles. The number of halogens is 1. The number of nitrogens with one attached hydrogen (secondary N) is 1. The number of aromatic nitrogens is 1. The van der Waals surface area contributed by atoms with E-state index in [1.165, 1.54) is 0 Å². The van der Waals surface area contributed by atoms with Crippen LogP contribution in [0, 0.1) is 3.77 Å². The number of pyridine rings is 1. The molecule has 0 saturated heterocycles. The van der Waals surface area contributed by atoms with E-state index in [1.54, 1.807) is 0 Å². The lowest BCUT2D eigenvalue weighted by Crippen LogP contribution is -2.18. The zero-order valence-electron chi connectivity index (χ0n) is 8.98. The molecule has 2 rings (SSSR count). The van der Waals surface area contributed by atoms with E-state index >= 15 is 0 Å². The molecule has 0 amide bonds. The van der Waals surface area contributed by atoms with Gasteiger partial charge in [-0.1, -0.05) is 6.07 Å². The number of hydrogen-bond acceptors (Lipinski definition) is 3. The summed E-state index contributed by atoms with van der Waals surface area (Å²) in [6.07, 6.45) is 1.81. The number of nitrogens with zero attached hydrogens (tertiary/aromatic N) is 1. The van der Waals surface area contributed by atoms with Crippen molar-refractivity contribution in [3.8, 4) is 0 Å². The van der Waals surface area contributed by atoms with Crippen molar-refractivity contribution in [1.82, 2.24) is 10.3 Å². The van der Waals surface area contributed by atoms with Gasteiger partial charge in [-0.25, -0.2) is 0 Å². The standard InChI is InChI=1S/C12H13IN2O/c1-9(11-4-2-3-7-14-11)15-8-10-5-6-12(13)16-10/h2-7,9,15H,8H2,1H3/t9-/m1/s1. The molecule has 84 valence electrons. The maximum absolute atomic E-state index is 5.47. The van der Waals surface area contributed by atoms with Crippen molar-refractivity contribution in [1.29, 1.82) is 0 Å². The first-order valence-corrected chi connectivity index (χ1v) is 6.22. The molecule has 0 spiro atoms. The summed E-state index contributed by atoms with van der Waals surface area (Å²) in [5.41, 5.74) is 1.05. The van der Waals surface area contributed by atoms with E-state index in [0.29, 0.717) is 0 Å². The van der Waals surface area contributed by atoms with Crippen molar-refractivity contribution < 1.29 is 4.42 Å². The summed E-state index contributed by atoms with van der Waals surface area (Å²) in [4.78, 5) is 4.30. The van der Waals surface area contributed by atoms with E-state index in [2.05, 4.69) is 39.8 Å². The van der Waals surface area contributed by atoms with Gasteiger partial charge in [-0.05, 0) is 53.8 Å². The fourth-order valence-electron chi connectivity index (χ4n) is 1.44. The average molecular weight is 328 g/mol. The Bertz CT molecular complexity index is 441. The van der Waals surface area contributed by atoms with Gasteiger partial charge in [0.15, 0.2) is 3.77 Å². The molecule has 16 heavy (non-hydrogen) atoms. The molecular weight excluding hydrogens is 315 g/mol. The normalized spacial score (nSPS) is 12.6. The van der Waals surface area contributed by atoms with Crippen LogP contribution in [0.25, 0.3) is 0 Å². The predicted octanol–water partition coefficient (Wildman–Crippen LogP) is 3.13. The molecule has 3 nitrogen and oxygen atoms in total. The van der Waals surface area contributed by atoms with Gasteiger partial charge in [0.1, 0.15) is 5.76 Å². The van der Waals surface area contributed by atoms with E-state index in [0.717, 1.165) is 21.8 Å². The van der Waals surface area contributed by atoms with Crippen LogP contribution in [0.2, 0.25) is 0 Å². The van der Waals surface area contributed by atoms with Gasteiger partial charge >= 0.3 is 0 Å². The van der Waals surface area contributed by atoms with E-state index in [9.17, 15) is 0 Å². The predicted molar refractivity (Wildman–Crippen MR) is 70.9 cm³/mol. The van der Waals surface area contributed by atoms with Crippen LogP contribution in [0.3, 0.4) is 0 Å². The van der Waals surface area contributed by atoms with Gasteiger partial charge in [-0.3, -0.25) is 4.98 Å². The smallest absolute Gasteiger partial charge is 0.164 e. The van der Waals surface area contributed by atoms with Crippen LogP contribution in [-0.4, -0.2) is 4.98 Å². The number of hydrogen-bond donors (Lipinski definition) is 1. The molecule has 0 radical (unpaired) electrons. The van der Waals surface area contributed by atoms with Crippen molar-refractivity contribution in [2.75, 3.05) is 0 Å². The Morgan fingerprint density at radius 2 is 2.25 bits per heavy atom. The van der Waals surface area contributed by atoms with Gasteiger partial charge < -0.3 is 9.73 Å². The molecule has 0 bridgehead atoms. The van der Waals surface area contributed by atoms with Gasteiger partial charge in [0.05, 0.1) is 12.2 Å². The van der Waals surface area contributed by atoms with Crippen LogP contribution in [0.5, 0.6) is 0 Å². The lowest BCUT2D eigenvalue weighted by molar-refractivity contribution is 0.442. The number of rotatable bonds is 4. The highest BCUT2D eigenvalue weighted by molar-refractivity contribution is 14.1. The Hall–Kier alpha value is -0.880. The second kappa shape index (κ2) is 5.45. The molecule has 2 heterocycles. The largest absolute Gasteiger partial charge is 0.454 e. The second-order valence-corrected chi connectivity index (χ2v) is 4.63. The fourth-order valence-corrected chi connectivity index (χ4v) is 1.90. The summed E-state index contributed by atoms with van der Waals surface area (Å²) >= 11 is 2.16. The molecule has 0 aliphatic rings. The Morgan fingerprint density at radius 1 is 1.38 bits per heavy atom. The molecule has 1 N–H and O–H groups in total. The first-order chi connectivity index (χ1) is 7.75. The molecule has 2 aromatic rings. The van der Waals surface area contributed by atoms with Crippen molar-refractivity contribution in [2.24, 2.45) is 0 Å². The fraction of sp³-hybridized carbons (Fsp3) is 0.250. The quantitative estimate of drug-likeness (QED) is 0.877.